The lowest BCUT2D eigenvalue weighted by molar-refractivity contribution is -0.123. The highest BCUT2D eigenvalue weighted by Crippen LogP contribution is 2.15. The number of amides is 1. The van der Waals surface area contributed by atoms with Crippen molar-refractivity contribution in [2.24, 2.45) is 16.6 Å². The number of carbonyl (C=O) groups excluding carboxylic acids is 1. The number of benzene rings is 1. The first-order chi connectivity index (χ1) is 12.1. The predicted octanol–water partition coefficient (Wildman–Crippen LogP) is 1.90. The van der Waals surface area contributed by atoms with Crippen LogP contribution in [-0.2, 0) is 11.3 Å². The number of carbonyl (C=O) groups is 1. The number of likely N-dealkylation sites (tertiary alicyclic amines) is 1. The van der Waals surface area contributed by atoms with Gasteiger partial charge in [0.15, 0.2) is 5.96 Å². The van der Waals surface area contributed by atoms with Gasteiger partial charge in [-0.15, -0.1) is 24.0 Å². The number of hydrogen-bond acceptors (Lipinski definition) is 3. The van der Waals surface area contributed by atoms with Gasteiger partial charge in [0.1, 0.15) is 0 Å². The molecule has 3 N–H and O–H groups in total. The van der Waals surface area contributed by atoms with Gasteiger partial charge in [-0.1, -0.05) is 30.3 Å². The number of aliphatic imine (C=N–C) groups is 1. The molecule has 146 valence electrons. The fourth-order valence-electron chi connectivity index (χ4n) is 3.10. The van der Waals surface area contributed by atoms with E-state index in [-0.39, 0.29) is 35.8 Å². The third-order valence-corrected chi connectivity index (χ3v) is 4.52. The number of nitrogens with one attached hydrogen (secondary N) is 1. The molecule has 26 heavy (non-hydrogen) atoms. The highest BCUT2D eigenvalue weighted by atomic mass is 127. The summed E-state index contributed by atoms with van der Waals surface area (Å²) in [6, 6.07) is 10.3. The largest absolute Gasteiger partial charge is 0.369 e. The molecular formula is C19H32IN5O. The molecule has 0 radical (unpaired) electrons. The Bertz CT molecular complexity index is 564. The Kier molecular flexibility index (Phi) is 10.6. The van der Waals surface area contributed by atoms with Gasteiger partial charge in [-0.2, -0.15) is 0 Å². The molecule has 1 heterocycles. The monoisotopic (exact) mass is 473 g/mol. The molecule has 1 saturated heterocycles. The van der Waals surface area contributed by atoms with E-state index in [1.54, 1.807) is 0 Å². The van der Waals surface area contributed by atoms with Gasteiger partial charge in [0.25, 0.3) is 0 Å². The van der Waals surface area contributed by atoms with Crippen molar-refractivity contribution in [3.05, 3.63) is 35.9 Å². The Morgan fingerprint density at radius 2 is 2.08 bits per heavy atom. The van der Waals surface area contributed by atoms with Crippen LogP contribution in [0.3, 0.4) is 0 Å². The Morgan fingerprint density at radius 1 is 1.35 bits per heavy atom. The van der Waals surface area contributed by atoms with Crippen molar-refractivity contribution < 1.29 is 4.79 Å². The van der Waals surface area contributed by atoms with E-state index in [2.05, 4.69) is 27.3 Å². The van der Waals surface area contributed by atoms with E-state index in [9.17, 15) is 4.79 Å². The lowest BCUT2D eigenvalue weighted by atomic mass is 9.97. The van der Waals surface area contributed by atoms with Crippen LogP contribution in [-0.4, -0.2) is 61.9 Å². The summed E-state index contributed by atoms with van der Waals surface area (Å²) >= 11 is 0. The summed E-state index contributed by atoms with van der Waals surface area (Å²) in [4.78, 5) is 20.4. The van der Waals surface area contributed by atoms with Crippen LogP contribution < -0.4 is 11.1 Å². The molecule has 1 aliphatic heterocycles. The molecule has 0 bridgehead atoms. The van der Waals surface area contributed by atoms with Crippen molar-refractivity contribution in [2.75, 3.05) is 40.3 Å². The number of nitrogens with zero attached hydrogens (tertiary/aromatic N) is 3. The minimum absolute atomic E-state index is 0. The number of primary amides is 1. The zero-order valence-corrected chi connectivity index (χ0v) is 18.2. The van der Waals surface area contributed by atoms with Crippen molar-refractivity contribution >= 4 is 35.8 Å². The van der Waals surface area contributed by atoms with Gasteiger partial charge in [0.2, 0.25) is 5.91 Å². The Balaban J connectivity index is 0.00000338. The first kappa shape index (κ1) is 22.7. The second kappa shape index (κ2) is 12.1. The molecule has 7 heteroatoms. The molecule has 1 amide bonds. The smallest absolute Gasteiger partial charge is 0.221 e. The molecule has 0 spiro atoms. The predicted molar refractivity (Wildman–Crippen MR) is 118 cm³/mol. The van der Waals surface area contributed by atoms with Crippen molar-refractivity contribution in [1.29, 1.82) is 0 Å². The van der Waals surface area contributed by atoms with E-state index in [0.717, 1.165) is 51.4 Å². The van der Waals surface area contributed by atoms with E-state index in [1.807, 2.05) is 37.2 Å². The normalized spacial score (nSPS) is 18.1. The van der Waals surface area contributed by atoms with Crippen LogP contribution in [0, 0.1) is 5.92 Å². The fraction of sp³-hybridized carbons (Fsp3) is 0.579. The molecule has 0 saturated carbocycles. The molecule has 1 aliphatic rings. The maximum absolute atomic E-state index is 11.3. The average molecular weight is 473 g/mol. The number of nitrogens with two attached hydrogens (primary N) is 1. The minimum atomic E-state index is -0.161. The average Bonchev–Trinajstić information content (AvgIpc) is 2.62. The molecule has 1 aromatic carbocycles. The topological polar surface area (TPSA) is 74.0 Å². The molecule has 0 aromatic heterocycles. The number of hydrogen-bond donors (Lipinski definition) is 2. The zero-order valence-electron chi connectivity index (χ0n) is 15.9. The van der Waals surface area contributed by atoms with Gasteiger partial charge in [-0.25, -0.2) is 4.99 Å². The highest BCUT2D eigenvalue weighted by molar-refractivity contribution is 14.0. The summed E-state index contributed by atoms with van der Waals surface area (Å²) in [6.07, 6.45) is 3.01. The summed E-state index contributed by atoms with van der Waals surface area (Å²) in [5.74, 6) is 0.759. The summed E-state index contributed by atoms with van der Waals surface area (Å²) < 4.78 is 0. The van der Waals surface area contributed by atoms with Gasteiger partial charge in [-0.3, -0.25) is 4.79 Å². The molecule has 1 fully saturated rings. The molecule has 0 aliphatic carbocycles. The molecular weight excluding hydrogens is 441 g/mol. The van der Waals surface area contributed by atoms with Crippen LogP contribution in [0.4, 0.5) is 0 Å². The van der Waals surface area contributed by atoms with Crippen LogP contribution in [0.15, 0.2) is 35.3 Å². The lowest BCUT2D eigenvalue weighted by Gasteiger charge is -2.31. The van der Waals surface area contributed by atoms with Crippen LogP contribution in [0.25, 0.3) is 0 Å². The van der Waals surface area contributed by atoms with Crippen molar-refractivity contribution in [3.8, 4) is 0 Å². The van der Waals surface area contributed by atoms with Gasteiger partial charge < -0.3 is 20.9 Å². The lowest BCUT2D eigenvalue weighted by Crippen LogP contribution is -2.42. The number of halogens is 1. The van der Waals surface area contributed by atoms with E-state index in [1.165, 1.54) is 5.56 Å². The van der Waals surface area contributed by atoms with Crippen LogP contribution >= 0.6 is 24.0 Å². The number of rotatable bonds is 7. The third-order valence-electron chi connectivity index (χ3n) is 4.52. The van der Waals surface area contributed by atoms with Gasteiger partial charge in [0, 0.05) is 27.2 Å². The highest BCUT2D eigenvalue weighted by Gasteiger charge is 2.23. The van der Waals surface area contributed by atoms with Crippen molar-refractivity contribution in [2.45, 2.75) is 25.8 Å². The Morgan fingerprint density at radius 3 is 2.73 bits per heavy atom. The summed E-state index contributed by atoms with van der Waals surface area (Å²) in [7, 11) is 4.00. The SMILES string of the molecule is CN(C)C(=NCc1ccccc1)NCCCN1CCCC(C(N)=O)C1.I. The first-order valence-electron chi connectivity index (χ1n) is 9.07. The summed E-state index contributed by atoms with van der Waals surface area (Å²) in [5.41, 5.74) is 6.64. The van der Waals surface area contributed by atoms with Crippen molar-refractivity contribution in [3.63, 3.8) is 0 Å². The second-order valence-electron chi connectivity index (χ2n) is 6.84. The molecule has 1 aromatic rings. The van der Waals surface area contributed by atoms with Crippen molar-refractivity contribution in [1.82, 2.24) is 15.1 Å². The summed E-state index contributed by atoms with van der Waals surface area (Å²) in [6.45, 7) is 4.39. The molecule has 1 atom stereocenters. The van der Waals surface area contributed by atoms with Gasteiger partial charge in [0.05, 0.1) is 12.5 Å². The third kappa shape index (κ3) is 7.90. The fourth-order valence-corrected chi connectivity index (χ4v) is 3.10. The quantitative estimate of drug-likeness (QED) is 0.275. The van der Waals surface area contributed by atoms with Crippen LogP contribution in [0.5, 0.6) is 0 Å². The first-order valence-corrected chi connectivity index (χ1v) is 9.07. The maximum Gasteiger partial charge on any atom is 0.221 e. The van der Waals surface area contributed by atoms with Gasteiger partial charge in [-0.05, 0) is 37.9 Å². The molecule has 6 nitrogen and oxygen atoms in total. The van der Waals surface area contributed by atoms with E-state index in [0.29, 0.717) is 6.54 Å². The van der Waals surface area contributed by atoms with E-state index < -0.39 is 0 Å². The van der Waals surface area contributed by atoms with Gasteiger partial charge >= 0.3 is 0 Å². The number of piperidine rings is 1. The van der Waals surface area contributed by atoms with E-state index in [4.69, 9.17) is 5.73 Å². The van der Waals surface area contributed by atoms with Crippen LogP contribution in [0.2, 0.25) is 0 Å². The Labute approximate surface area is 174 Å². The zero-order chi connectivity index (χ0) is 18.1. The minimum Gasteiger partial charge on any atom is -0.369 e. The maximum atomic E-state index is 11.3. The van der Waals surface area contributed by atoms with Crippen LogP contribution in [0.1, 0.15) is 24.8 Å². The van der Waals surface area contributed by atoms with E-state index >= 15 is 0 Å². The summed E-state index contributed by atoms with van der Waals surface area (Å²) in [5, 5.41) is 3.42. The molecule has 2 rings (SSSR count). The Hall–Kier alpha value is -1.35. The number of guanidine groups is 1. The standard InChI is InChI=1S/C19H31N5O.HI/c1-23(2)19(22-14-16-8-4-3-5-9-16)21-11-7-13-24-12-6-10-17(15-24)18(20)25;/h3-5,8-9,17H,6-7,10-15H2,1-2H3,(H2,20,25)(H,21,22);1H. The molecule has 1 unspecified atom stereocenters. The second-order valence-corrected chi connectivity index (χ2v) is 6.84.